The van der Waals surface area contributed by atoms with Crippen LogP contribution in [0.5, 0.6) is 5.75 Å². The molecule has 0 spiro atoms. The number of ether oxygens (including phenoxy) is 1. The summed E-state index contributed by atoms with van der Waals surface area (Å²) in [6, 6.07) is 18.2. The Bertz CT molecular complexity index is 1130. The number of hydrogen-bond acceptors (Lipinski definition) is 6. The maximum Gasteiger partial charge on any atom is 0.196 e. The van der Waals surface area contributed by atoms with Crippen LogP contribution in [-0.4, -0.2) is 27.0 Å². The van der Waals surface area contributed by atoms with E-state index in [0.717, 1.165) is 39.4 Å². The molecular weight excluding hydrogens is 396 g/mol. The summed E-state index contributed by atoms with van der Waals surface area (Å²) in [6.07, 6.45) is 0. The SMILES string of the molecule is COc1ccc(-c2nnc(SCc3cc(C)on3)n2-c2ccccc2C(C)C)cc1. The predicted molar refractivity (Wildman–Crippen MR) is 118 cm³/mol. The van der Waals surface area contributed by atoms with Crippen molar-refractivity contribution >= 4 is 11.8 Å². The Hall–Kier alpha value is -3.06. The summed E-state index contributed by atoms with van der Waals surface area (Å²) < 4.78 is 12.6. The average molecular weight is 421 g/mol. The maximum absolute atomic E-state index is 5.30. The van der Waals surface area contributed by atoms with Gasteiger partial charge in [-0.25, -0.2) is 0 Å². The molecule has 2 aromatic heterocycles. The molecule has 30 heavy (non-hydrogen) atoms. The molecule has 4 aromatic rings. The Morgan fingerprint density at radius 1 is 1.07 bits per heavy atom. The third-order valence-electron chi connectivity index (χ3n) is 4.81. The summed E-state index contributed by atoms with van der Waals surface area (Å²) in [6.45, 7) is 6.28. The van der Waals surface area contributed by atoms with Crippen molar-refractivity contribution in [3.8, 4) is 22.8 Å². The summed E-state index contributed by atoms with van der Waals surface area (Å²) in [4.78, 5) is 0. The maximum atomic E-state index is 5.30. The van der Waals surface area contributed by atoms with Gasteiger partial charge in [0.25, 0.3) is 0 Å². The molecule has 154 valence electrons. The third kappa shape index (κ3) is 4.11. The highest BCUT2D eigenvalue weighted by atomic mass is 32.2. The molecule has 0 aliphatic rings. The van der Waals surface area contributed by atoms with Crippen LogP contribution in [0.3, 0.4) is 0 Å². The van der Waals surface area contributed by atoms with E-state index in [9.17, 15) is 0 Å². The number of methoxy groups -OCH3 is 1. The van der Waals surface area contributed by atoms with Crippen LogP contribution >= 0.6 is 11.8 Å². The van der Waals surface area contributed by atoms with Crippen LogP contribution in [-0.2, 0) is 5.75 Å². The first-order valence-corrected chi connectivity index (χ1v) is 10.8. The molecule has 6 nitrogen and oxygen atoms in total. The summed E-state index contributed by atoms with van der Waals surface area (Å²) in [5.41, 5.74) is 4.19. The smallest absolute Gasteiger partial charge is 0.196 e. The predicted octanol–water partition coefficient (Wildman–Crippen LogP) is 5.66. The highest BCUT2D eigenvalue weighted by Crippen LogP contribution is 2.33. The quantitative estimate of drug-likeness (QED) is 0.360. The van der Waals surface area contributed by atoms with E-state index in [2.05, 4.69) is 58.0 Å². The minimum Gasteiger partial charge on any atom is -0.497 e. The molecule has 0 saturated heterocycles. The van der Waals surface area contributed by atoms with Crippen LogP contribution in [0, 0.1) is 6.92 Å². The fourth-order valence-electron chi connectivity index (χ4n) is 3.31. The van der Waals surface area contributed by atoms with E-state index in [1.165, 1.54) is 5.56 Å². The third-order valence-corrected chi connectivity index (χ3v) is 5.77. The number of rotatable bonds is 7. The Balaban J connectivity index is 1.79. The highest BCUT2D eigenvalue weighted by molar-refractivity contribution is 7.98. The Morgan fingerprint density at radius 3 is 2.50 bits per heavy atom. The van der Waals surface area contributed by atoms with Gasteiger partial charge in [0.1, 0.15) is 11.5 Å². The van der Waals surface area contributed by atoms with Crippen molar-refractivity contribution in [3.63, 3.8) is 0 Å². The Kier molecular flexibility index (Phi) is 5.90. The fraction of sp³-hybridized carbons (Fsp3) is 0.261. The molecule has 0 atom stereocenters. The molecule has 0 aliphatic carbocycles. The van der Waals surface area contributed by atoms with Gasteiger partial charge in [0, 0.05) is 17.4 Å². The van der Waals surface area contributed by atoms with Crippen LogP contribution in [0.25, 0.3) is 17.1 Å². The van der Waals surface area contributed by atoms with E-state index < -0.39 is 0 Å². The number of nitrogens with zero attached hydrogens (tertiary/aromatic N) is 4. The van der Waals surface area contributed by atoms with Gasteiger partial charge in [-0.15, -0.1) is 10.2 Å². The lowest BCUT2D eigenvalue weighted by Crippen LogP contribution is -2.05. The Morgan fingerprint density at radius 2 is 1.83 bits per heavy atom. The lowest BCUT2D eigenvalue weighted by molar-refractivity contribution is 0.393. The fourth-order valence-corrected chi connectivity index (χ4v) is 4.14. The van der Waals surface area contributed by atoms with Gasteiger partial charge in [-0.1, -0.05) is 49.0 Å². The van der Waals surface area contributed by atoms with E-state index >= 15 is 0 Å². The molecule has 2 heterocycles. The van der Waals surface area contributed by atoms with Gasteiger partial charge in [0.05, 0.1) is 18.5 Å². The van der Waals surface area contributed by atoms with Crippen molar-refractivity contribution in [2.24, 2.45) is 0 Å². The van der Waals surface area contributed by atoms with Crippen molar-refractivity contribution in [1.29, 1.82) is 0 Å². The molecular formula is C23H24N4O2S. The van der Waals surface area contributed by atoms with E-state index in [0.29, 0.717) is 11.7 Å². The number of benzene rings is 2. The first-order chi connectivity index (χ1) is 14.6. The molecule has 7 heteroatoms. The molecule has 0 aliphatic heterocycles. The van der Waals surface area contributed by atoms with Crippen LogP contribution in [0.2, 0.25) is 0 Å². The van der Waals surface area contributed by atoms with E-state index in [1.807, 2.05) is 37.3 Å². The normalized spacial score (nSPS) is 11.2. The number of aryl methyl sites for hydroxylation is 1. The van der Waals surface area contributed by atoms with E-state index in [1.54, 1.807) is 18.9 Å². The van der Waals surface area contributed by atoms with Gasteiger partial charge in [0.2, 0.25) is 0 Å². The zero-order chi connectivity index (χ0) is 21.1. The van der Waals surface area contributed by atoms with Crippen LogP contribution in [0.1, 0.15) is 36.8 Å². The molecule has 0 N–H and O–H groups in total. The first-order valence-electron chi connectivity index (χ1n) is 9.81. The van der Waals surface area contributed by atoms with Gasteiger partial charge in [-0.3, -0.25) is 4.57 Å². The molecule has 0 fully saturated rings. The Labute approximate surface area is 180 Å². The van der Waals surface area contributed by atoms with Crippen molar-refractivity contribution in [2.45, 2.75) is 37.6 Å². The van der Waals surface area contributed by atoms with E-state index in [4.69, 9.17) is 9.26 Å². The average Bonchev–Trinajstić information content (AvgIpc) is 3.38. The van der Waals surface area contributed by atoms with Crippen molar-refractivity contribution in [1.82, 2.24) is 19.9 Å². The van der Waals surface area contributed by atoms with Crippen LogP contribution in [0.4, 0.5) is 0 Å². The zero-order valence-corrected chi connectivity index (χ0v) is 18.3. The van der Waals surface area contributed by atoms with Gasteiger partial charge < -0.3 is 9.26 Å². The van der Waals surface area contributed by atoms with Gasteiger partial charge >= 0.3 is 0 Å². The van der Waals surface area contributed by atoms with Crippen LogP contribution in [0.15, 0.2) is 64.3 Å². The molecule has 0 saturated carbocycles. The lowest BCUT2D eigenvalue weighted by atomic mass is 10.0. The highest BCUT2D eigenvalue weighted by Gasteiger charge is 2.20. The number of thioether (sulfide) groups is 1. The number of aromatic nitrogens is 4. The summed E-state index contributed by atoms with van der Waals surface area (Å²) in [5, 5.41) is 14.0. The van der Waals surface area contributed by atoms with Gasteiger partial charge in [0.15, 0.2) is 11.0 Å². The number of para-hydroxylation sites is 1. The van der Waals surface area contributed by atoms with Crippen LogP contribution < -0.4 is 4.74 Å². The van der Waals surface area contributed by atoms with Gasteiger partial charge in [-0.05, 0) is 48.7 Å². The second-order valence-electron chi connectivity index (χ2n) is 7.30. The minimum absolute atomic E-state index is 0.364. The summed E-state index contributed by atoms with van der Waals surface area (Å²) in [7, 11) is 1.66. The molecule has 0 radical (unpaired) electrons. The first kappa shape index (κ1) is 20.2. The second-order valence-corrected chi connectivity index (χ2v) is 8.24. The molecule has 0 unspecified atom stereocenters. The van der Waals surface area contributed by atoms with E-state index in [-0.39, 0.29) is 0 Å². The zero-order valence-electron chi connectivity index (χ0n) is 17.5. The summed E-state index contributed by atoms with van der Waals surface area (Å²) in [5.74, 6) is 3.43. The van der Waals surface area contributed by atoms with Crippen molar-refractivity contribution in [3.05, 3.63) is 71.6 Å². The van der Waals surface area contributed by atoms with Crippen molar-refractivity contribution in [2.75, 3.05) is 7.11 Å². The molecule has 0 amide bonds. The molecule has 4 rings (SSSR count). The van der Waals surface area contributed by atoms with Gasteiger partial charge in [-0.2, -0.15) is 0 Å². The second kappa shape index (κ2) is 8.75. The standard InChI is InChI=1S/C23H24N4O2S/c1-15(2)20-7-5-6-8-21(20)27-22(17-9-11-19(28-4)12-10-17)24-25-23(27)30-14-18-13-16(3)29-26-18/h5-13,15H,14H2,1-4H3. The minimum atomic E-state index is 0.364. The monoisotopic (exact) mass is 420 g/mol. The van der Waals surface area contributed by atoms with Crippen molar-refractivity contribution < 1.29 is 9.26 Å². The largest absolute Gasteiger partial charge is 0.497 e. The number of hydrogen-bond donors (Lipinski definition) is 0. The lowest BCUT2D eigenvalue weighted by Gasteiger charge is -2.17. The summed E-state index contributed by atoms with van der Waals surface area (Å²) >= 11 is 1.59. The molecule has 0 bridgehead atoms. The topological polar surface area (TPSA) is 66.0 Å². The molecule has 2 aromatic carbocycles.